The van der Waals surface area contributed by atoms with Gasteiger partial charge in [0.05, 0.1) is 0 Å². The van der Waals surface area contributed by atoms with Crippen molar-refractivity contribution in [3.05, 3.63) is 23.3 Å². The molecule has 1 aromatic rings. The van der Waals surface area contributed by atoms with Gasteiger partial charge in [0.25, 0.3) is 0 Å². The summed E-state index contributed by atoms with van der Waals surface area (Å²) in [6.07, 6.45) is 0. The van der Waals surface area contributed by atoms with E-state index in [4.69, 9.17) is 0 Å². The summed E-state index contributed by atoms with van der Waals surface area (Å²) in [7, 11) is 4.68. The smallest absolute Gasteiger partial charge is 0.0373 e. The quantitative estimate of drug-likeness (QED) is 0.629. The largest absolute Gasteiger partial charge is 0.388 e. The predicted octanol–water partition coefficient (Wildman–Crippen LogP) is 1.85. The highest BCUT2D eigenvalue weighted by Crippen LogP contribution is 2.14. The van der Waals surface area contributed by atoms with E-state index in [9.17, 15) is 0 Å². The van der Waals surface area contributed by atoms with Crippen molar-refractivity contribution in [2.24, 2.45) is 0 Å². The molecule has 0 aliphatic rings. The number of benzene rings is 1. The van der Waals surface area contributed by atoms with E-state index in [1.807, 2.05) is 7.05 Å². The van der Waals surface area contributed by atoms with E-state index in [0.717, 1.165) is 0 Å². The predicted molar refractivity (Wildman–Crippen MR) is 54.8 cm³/mol. The van der Waals surface area contributed by atoms with E-state index < -0.39 is 0 Å². The molecule has 1 N–H and O–H groups in total. The third-order valence-corrected chi connectivity index (χ3v) is 2.50. The lowest BCUT2D eigenvalue weighted by atomic mass is 10.1. The Hall–Kier alpha value is -0.550. The Balaban J connectivity index is 3.21. The Labute approximate surface area is 70.4 Å². The lowest BCUT2D eigenvalue weighted by molar-refractivity contribution is 1.37. The van der Waals surface area contributed by atoms with E-state index in [-0.39, 0.29) is 0 Å². The second kappa shape index (κ2) is 3.23. The van der Waals surface area contributed by atoms with Crippen LogP contribution in [0.2, 0.25) is 0 Å². The molecule has 1 atom stereocenters. The topological polar surface area (TPSA) is 12.0 Å². The van der Waals surface area contributed by atoms with Gasteiger partial charge in [0.2, 0.25) is 0 Å². The summed E-state index contributed by atoms with van der Waals surface area (Å²) in [6, 6.07) is 4.34. The van der Waals surface area contributed by atoms with Gasteiger partial charge in [0.15, 0.2) is 0 Å². The van der Waals surface area contributed by atoms with Gasteiger partial charge in [0, 0.05) is 12.7 Å². The molecular formula is C9H14NP. The van der Waals surface area contributed by atoms with Crippen LogP contribution in [0.25, 0.3) is 0 Å². The molecule has 11 heavy (non-hydrogen) atoms. The number of aryl methyl sites for hydroxylation is 2. The van der Waals surface area contributed by atoms with Gasteiger partial charge in [-0.2, -0.15) is 0 Å². The highest BCUT2D eigenvalue weighted by atomic mass is 31.0. The third-order valence-electron chi connectivity index (χ3n) is 1.88. The summed E-state index contributed by atoms with van der Waals surface area (Å²) in [5.41, 5.74) is 3.84. The zero-order valence-corrected chi connectivity index (χ0v) is 8.39. The highest BCUT2D eigenvalue weighted by molar-refractivity contribution is 7.27. The zero-order chi connectivity index (χ0) is 8.43. The Morgan fingerprint density at radius 3 is 2.36 bits per heavy atom. The van der Waals surface area contributed by atoms with Gasteiger partial charge in [-0.1, -0.05) is 6.07 Å². The van der Waals surface area contributed by atoms with Crippen LogP contribution in [-0.2, 0) is 0 Å². The molecule has 0 spiro atoms. The van der Waals surface area contributed by atoms with E-state index in [2.05, 4.69) is 40.5 Å². The molecule has 0 bridgehead atoms. The number of nitrogens with one attached hydrogen (secondary N) is 1. The lowest BCUT2D eigenvalue weighted by Crippen LogP contribution is -2.01. The van der Waals surface area contributed by atoms with Gasteiger partial charge in [-0.15, -0.1) is 9.24 Å². The van der Waals surface area contributed by atoms with Crippen LogP contribution in [-0.4, -0.2) is 7.05 Å². The fourth-order valence-corrected chi connectivity index (χ4v) is 1.39. The molecule has 1 unspecified atom stereocenters. The molecule has 0 heterocycles. The van der Waals surface area contributed by atoms with E-state index >= 15 is 0 Å². The van der Waals surface area contributed by atoms with Crippen LogP contribution in [0.4, 0.5) is 5.69 Å². The molecule has 0 aromatic heterocycles. The van der Waals surface area contributed by atoms with Crippen molar-refractivity contribution in [1.82, 2.24) is 0 Å². The summed E-state index contributed by atoms with van der Waals surface area (Å²) in [5.74, 6) is 0. The van der Waals surface area contributed by atoms with Crippen LogP contribution >= 0.6 is 9.24 Å². The summed E-state index contributed by atoms with van der Waals surface area (Å²) in [4.78, 5) is 0. The first-order valence-corrected chi connectivity index (χ1v) is 4.27. The highest BCUT2D eigenvalue weighted by Gasteiger charge is 1.98. The van der Waals surface area contributed by atoms with Crippen molar-refractivity contribution in [2.45, 2.75) is 13.8 Å². The van der Waals surface area contributed by atoms with E-state index in [0.29, 0.717) is 0 Å². The van der Waals surface area contributed by atoms with Crippen molar-refractivity contribution in [3.8, 4) is 0 Å². The van der Waals surface area contributed by atoms with Crippen molar-refractivity contribution < 1.29 is 0 Å². The molecule has 1 rings (SSSR count). The summed E-state index contributed by atoms with van der Waals surface area (Å²) < 4.78 is 0. The minimum absolute atomic E-state index is 1.21. The van der Waals surface area contributed by atoms with Gasteiger partial charge in [-0.05, 0) is 36.3 Å². The minimum Gasteiger partial charge on any atom is -0.388 e. The average Bonchev–Trinajstić information content (AvgIpc) is 1.97. The zero-order valence-electron chi connectivity index (χ0n) is 7.23. The van der Waals surface area contributed by atoms with E-state index in [1.54, 1.807) is 0 Å². The Bertz CT molecular complexity index is 269. The van der Waals surface area contributed by atoms with Crippen LogP contribution in [0.3, 0.4) is 0 Å². The molecule has 1 aromatic carbocycles. The fraction of sp³-hybridized carbons (Fsp3) is 0.333. The Morgan fingerprint density at radius 2 is 1.82 bits per heavy atom. The lowest BCUT2D eigenvalue weighted by Gasteiger charge is -2.08. The molecule has 60 valence electrons. The second-order valence-corrected chi connectivity index (χ2v) is 3.40. The van der Waals surface area contributed by atoms with Crippen LogP contribution < -0.4 is 10.6 Å². The number of anilines is 1. The van der Waals surface area contributed by atoms with Crippen molar-refractivity contribution in [1.29, 1.82) is 0 Å². The summed E-state index contributed by atoms with van der Waals surface area (Å²) in [5, 5.41) is 4.41. The maximum atomic E-state index is 3.15. The Kier molecular flexibility index (Phi) is 2.51. The maximum Gasteiger partial charge on any atom is 0.0373 e. The normalized spacial score (nSPS) is 9.82. The van der Waals surface area contributed by atoms with Gasteiger partial charge in [-0.3, -0.25) is 0 Å². The first-order valence-electron chi connectivity index (χ1n) is 3.69. The standard InChI is InChI=1S/C9H14NP/c1-6-4-7(2)9(11)5-8(6)10-3/h4-5,10H,11H2,1-3H3. The van der Waals surface area contributed by atoms with Crippen LogP contribution in [0, 0.1) is 13.8 Å². The van der Waals surface area contributed by atoms with Crippen LogP contribution in [0.1, 0.15) is 11.1 Å². The molecule has 0 saturated carbocycles. The number of rotatable bonds is 1. The number of hydrogen-bond donors (Lipinski definition) is 1. The molecular weight excluding hydrogens is 153 g/mol. The van der Waals surface area contributed by atoms with Crippen LogP contribution in [0.15, 0.2) is 12.1 Å². The first kappa shape index (κ1) is 8.55. The Morgan fingerprint density at radius 1 is 1.18 bits per heavy atom. The fourth-order valence-electron chi connectivity index (χ4n) is 1.14. The molecule has 0 saturated heterocycles. The molecule has 0 fully saturated rings. The van der Waals surface area contributed by atoms with Gasteiger partial charge in [-0.25, -0.2) is 0 Å². The van der Waals surface area contributed by atoms with Gasteiger partial charge in [0.1, 0.15) is 0 Å². The number of hydrogen-bond acceptors (Lipinski definition) is 1. The monoisotopic (exact) mass is 167 g/mol. The molecule has 0 aliphatic heterocycles. The molecule has 0 radical (unpaired) electrons. The summed E-state index contributed by atoms with van der Waals surface area (Å²) >= 11 is 0. The first-order chi connectivity index (χ1) is 5.15. The van der Waals surface area contributed by atoms with Crippen molar-refractivity contribution in [2.75, 3.05) is 12.4 Å². The molecule has 0 aliphatic carbocycles. The van der Waals surface area contributed by atoms with E-state index in [1.165, 1.54) is 22.1 Å². The summed E-state index contributed by atoms with van der Waals surface area (Å²) in [6.45, 7) is 4.23. The van der Waals surface area contributed by atoms with Crippen LogP contribution in [0.5, 0.6) is 0 Å². The average molecular weight is 167 g/mol. The minimum atomic E-state index is 1.21. The van der Waals surface area contributed by atoms with Crippen molar-refractivity contribution >= 4 is 20.2 Å². The molecule has 2 heteroatoms. The van der Waals surface area contributed by atoms with Crippen molar-refractivity contribution in [3.63, 3.8) is 0 Å². The third kappa shape index (κ3) is 1.72. The second-order valence-electron chi connectivity index (χ2n) is 2.77. The maximum absolute atomic E-state index is 3.15. The molecule has 1 nitrogen and oxygen atoms in total. The van der Waals surface area contributed by atoms with Gasteiger partial charge >= 0.3 is 0 Å². The SMILES string of the molecule is CNc1cc(P)c(C)cc1C. The van der Waals surface area contributed by atoms with Gasteiger partial charge < -0.3 is 5.32 Å². The molecule has 0 amide bonds.